The van der Waals surface area contributed by atoms with E-state index in [9.17, 15) is 5.11 Å². The minimum Gasteiger partial charge on any atom is -0.508 e. The predicted molar refractivity (Wildman–Crippen MR) is 82.0 cm³/mol. The topological polar surface area (TPSA) is 32.3 Å². The van der Waals surface area contributed by atoms with Gasteiger partial charge < -0.3 is 10.4 Å². The lowest BCUT2D eigenvalue weighted by molar-refractivity contribution is 0.440. The van der Waals surface area contributed by atoms with Crippen molar-refractivity contribution in [2.24, 2.45) is 0 Å². The van der Waals surface area contributed by atoms with Crippen LogP contribution in [0.4, 0.5) is 0 Å². The predicted octanol–water partition coefficient (Wildman–Crippen LogP) is 3.25. The molecule has 1 saturated carbocycles. The van der Waals surface area contributed by atoms with Crippen LogP contribution in [0.3, 0.4) is 0 Å². The quantitative estimate of drug-likeness (QED) is 0.871. The molecule has 2 aromatic carbocycles. The number of phenolic OH excluding ortho intramolecular Hbond substituents is 1. The number of rotatable bonds is 5. The first-order valence-electron chi connectivity index (χ1n) is 7.25. The Labute approximate surface area is 120 Å². The summed E-state index contributed by atoms with van der Waals surface area (Å²) in [4.78, 5) is 0. The lowest BCUT2D eigenvalue weighted by Gasteiger charge is -2.27. The van der Waals surface area contributed by atoms with Gasteiger partial charge >= 0.3 is 0 Å². The van der Waals surface area contributed by atoms with Gasteiger partial charge in [-0.05, 0) is 49.6 Å². The van der Waals surface area contributed by atoms with Crippen molar-refractivity contribution in [1.29, 1.82) is 0 Å². The first-order chi connectivity index (χ1) is 9.74. The molecule has 1 fully saturated rings. The first-order valence-corrected chi connectivity index (χ1v) is 7.25. The van der Waals surface area contributed by atoms with Gasteiger partial charge in [0.05, 0.1) is 0 Å². The van der Waals surface area contributed by atoms with Crippen LogP contribution in [-0.4, -0.2) is 18.2 Å². The lowest BCUT2D eigenvalue weighted by Crippen LogP contribution is -2.39. The molecule has 1 aliphatic rings. The Bertz CT molecular complexity index is 575. The molecule has 2 heteroatoms. The molecule has 1 aliphatic carbocycles. The molecule has 20 heavy (non-hydrogen) atoms. The maximum Gasteiger partial charge on any atom is 0.115 e. The van der Waals surface area contributed by atoms with Crippen molar-refractivity contribution in [3.05, 3.63) is 65.7 Å². The van der Waals surface area contributed by atoms with E-state index in [1.807, 2.05) is 19.2 Å². The Hall–Kier alpha value is -1.80. The van der Waals surface area contributed by atoms with Gasteiger partial charge in [-0.3, -0.25) is 0 Å². The fourth-order valence-electron chi connectivity index (χ4n) is 3.24. The summed E-state index contributed by atoms with van der Waals surface area (Å²) in [7, 11) is 2.04. The van der Waals surface area contributed by atoms with Gasteiger partial charge in [0, 0.05) is 11.5 Å². The molecule has 2 aromatic rings. The van der Waals surface area contributed by atoms with Gasteiger partial charge in [0.1, 0.15) is 5.75 Å². The van der Waals surface area contributed by atoms with Crippen molar-refractivity contribution in [2.45, 2.75) is 30.7 Å². The summed E-state index contributed by atoms with van der Waals surface area (Å²) < 4.78 is 0. The summed E-state index contributed by atoms with van der Waals surface area (Å²) in [5.74, 6) is 0.349. The maximum absolute atomic E-state index is 9.61. The van der Waals surface area contributed by atoms with Gasteiger partial charge in [-0.15, -0.1) is 0 Å². The molecule has 2 nitrogen and oxygen atoms in total. The van der Waals surface area contributed by atoms with Gasteiger partial charge in [0.15, 0.2) is 0 Å². The Morgan fingerprint density at radius 1 is 1.10 bits per heavy atom. The zero-order valence-corrected chi connectivity index (χ0v) is 11.8. The molecule has 0 radical (unpaired) electrons. The van der Waals surface area contributed by atoms with Crippen LogP contribution in [0, 0.1) is 0 Å². The van der Waals surface area contributed by atoms with Gasteiger partial charge in [-0.2, -0.15) is 0 Å². The average Bonchev–Trinajstić information content (AvgIpc) is 3.27. The molecule has 0 bridgehead atoms. The second kappa shape index (κ2) is 5.29. The van der Waals surface area contributed by atoms with Crippen LogP contribution in [0.5, 0.6) is 5.75 Å². The van der Waals surface area contributed by atoms with Crippen LogP contribution in [0.1, 0.15) is 24.0 Å². The van der Waals surface area contributed by atoms with Crippen LogP contribution >= 0.6 is 0 Å². The first kappa shape index (κ1) is 13.2. The van der Waals surface area contributed by atoms with Crippen molar-refractivity contribution in [3.8, 4) is 5.75 Å². The summed E-state index contributed by atoms with van der Waals surface area (Å²) in [5.41, 5.74) is 2.88. The van der Waals surface area contributed by atoms with E-state index in [1.165, 1.54) is 24.0 Å². The highest BCUT2D eigenvalue weighted by atomic mass is 16.3. The fraction of sp³-hybridized carbons (Fsp3) is 0.333. The average molecular weight is 267 g/mol. The van der Waals surface area contributed by atoms with Crippen LogP contribution in [0.2, 0.25) is 0 Å². The van der Waals surface area contributed by atoms with E-state index >= 15 is 0 Å². The number of hydrogen-bond donors (Lipinski definition) is 2. The fourth-order valence-corrected chi connectivity index (χ4v) is 3.24. The molecule has 1 unspecified atom stereocenters. The number of phenols is 1. The Morgan fingerprint density at radius 3 is 2.45 bits per heavy atom. The lowest BCUT2D eigenvalue weighted by atomic mass is 9.84. The highest BCUT2D eigenvalue weighted by Gasteiger charge is 2.49. The Morgan fingerprint density at radius 2 is 1.85 bits per heavy atom. The van der Waals surface area contributed by atoms with E-state index in [1.54, 1.807) is 6.07 Å². The summed E-state index contributed by atoms with van der Waals surface area (Å²) in [6.07, 6.45) is 3.42. The minimum atomic E-state index is 0.265. The van der Waals surface area contributed by atoms with Gasteiger partial charge in [-0.1, -0.05) is 42.5 Å². The normalized spacial score (nSPS) is 17.6. The van der Waals surface area contributed by atoms with Crippen molar-refractivity contribution >= 4 is 0 Å². The van der Waals surface area contributed by atoms with Crippen molar-refractivity contribution in [2.75, 3.05) is 7.05 Å². The van der Waals surface area contributed by atoms with Crippen molar-refractivity contribution in [1.82, 2.24) is 5.32 Å². The monoisotopic (exact) mass is 267 g/mol. The van der Waals surface area contributed by atoms with E-state index in [0.29, 0.717) is 11.8 Å². The molecule has 3 rings (SSSR count). The second-order valence-electron chi connectivity index (χ2n) is 5.74. The van der Waals surface area contributed by atoms with Crippen LogP contribution in [0.15, 0.2) is 54.6 Å². The van der Waals surface area contributed by atoms with Crippen LogP contribution < -0.4 is 5.32 Å². The number of likely N-dealkylation sites (N-methyl/N-ethyl adjacent to an activating group) is 1. The maximum atomic E-state index is 9.61. The number of nitrogens with one attached hydrogen (secondary N) is 1. The van der Waals surface area contributed by atoms with Crippen LogP contribution in [-0.2, 0) is 11.8 Å². The zero-order chi connectivity index (χ0) is 14.0. The number of hydrogen-bond acceptors (Lipinski definition) is 2. The molecule has 2 N–H and O–H groups in total. The molecule has 0 saturated heterocycles. The van der Waals surface area contributed by atoms with Gasteiger partial charge in [0.2, 0.25) is 0 Å². The third-order valence-electron chi connectivity index (χ3n) is 4.50. The summed E-state index contributed by atoms with van der Waals surface area (Å²) >= 11 is 0. The van der Waals surface area contributed by atoms with Crippen molar-refractivity contribution in [3.63, 3.8) is 0 Å². The van der Waals surface area contributed by atoms with Gasteiger partial charge in [-0.25, -0.2) is 0 Å². The van der Waals surface area contributed by atoms with E-state index in [4.69, 9.17) is 0 Å². The number of benzene rings is 2. The molecular weight excluding hydrogens is 246 g/mol. The molecule has 1 atom stereocenters. The third-order valence-corrected chi connectivity index (χ3v) is 4.50. The molecule has 0 heterocycles. The van der Waals surface area contributed by atoms with E-state index in [-0.39, 0.29) is 5.41 Å². The zero-order valence-electron chi connectivity index (χ0n) is 11.8. The smallest absolute Gasteiger partial charge is 0.115 e. The van der Waals surface area contributed by atoms with Crippen molar-refractivity contribution < 1.29 is 5.11 Å². The highest BCUT2D eigenvalue weighted by Crippen LogP contribution is 2.51. The summed E-state index contributed by atoms with van der Waals surface area (Å²) in [5, 5.41) is 13.1. The Balaban J connectivity index is 1.84. The highest BCUT2D eigenvalue weighted by molar-refractivity contribution is 5.36. The standard InChI is InChI=1S/C18H21NO/c1-19-17(13-14-6-5-9-16(20)12-14)18(10-11-18)15-7-3-2-4-8-15/h2-9,12,17,19-20H,10-11,13H2,1H3. The van der Waals surface area contributed by atoms with E-state index in [2.05, 4.69) is 41.7 Å². The molecular formula is C18H21NO. The summed E-state index contributed by atoms with van der Waals surface area (Å²) in [6, 6.07) is 18.8. The molecule has 0 amide bonds. The third kappa shape index (κ3) is 2.44. The minimum absolute atomic E-state index is 0.265. The van der Waals surface area contributed by atoms with Crippen LogP contribution in [0.25, 0.3) is 0 Å². The largest absolute Gasteiger partial charge is 0.508 e. The molecule has 0 aromatic heterocycles. The number of aromatic hydroxyl groups is 1. The Kier molecular flexibility index (Phi) is 3.49. The van der Waals surface area contributed by atoms with Gasteiger partial charge in [0.25, 0.3) is 0 Å². The molecule has 0 spiro atoms. The molecule has 104 valence electrons. The summed E-state index contributed by atoms with van der Waals surface area (Å²) in [6.45, 7) is 0. The molecule has 0 aliphatic heterocycles. The van der Waals surface area contributed by atoms with E-state index in [0.717, 1.165) is 6.42 Å². The van der Waals surface area contributed by atoms with E-state index < -0.39 is 0 Å². The SMILES string of the molecule is CNC(Cc1cccc(O)c1)C1(c2ccccc2)CC1. The second-order valence-corrected chi connectivity index (χ2v) is 5.74.